The molecule has 3 rings (SSSR count). The second kappa shape index (κ2) is 4.53. The molecule has 2 saturated heterocycles. The number of nitrogen functional groups attached to an aromatic ring is 1. The molecule has 0 radical (unpaired) electrons. The van der Waals surface area contributed by atoms with Crippen molar-refractivity contribution in [2.24, 2.45) is 0 Å². The Balaban J connectivity index is 1.85. The zero-order chi connectivity index (χ0) is 12.6. The van der Waals surface area contributed by atoms with Crippen molar-refractivity contribution in [3.8, 4) is 0 Å². The molecule has 1 aromatic heterocycles. The number of piperidine rings is 1. The fraction of sp³-hybridized carbons (Fsp3) is 0.636. The summed E-state index contributed by atoms with van der Waals surface area (Å²) in [5, 5.41) is 0.285. The topological polar surface area (TPSA) is 73.5 Å². The summed E-state index contributed by atoms with van der Waals surface area (Å²) in [6.07, 6.45) is 3.30. The van der Waals surface area contributed by atoms with Gasteiger partial charge in [-0.25, -0.2) is 9.97 Å². The van der Waals surface area contributed by atoms with Gasteiger partial charge < -0.3 is 20.1 Å². The highest BCUT2D eigenvalue weighted by Gasteiger charge is 2.41. The summed E-state index contributed by atoms with van der Waals surface area (Å²) in [4.78, 5) is 10.1. The Kier molecular flexibility index (Phi) is 3.01. The number of halogens is 1. The summed E-state index contributed by atoms with van der Waals surface area (Å²) in [7, 11) is 0. The van der Waals surface area contributed by atoms with Crippen molar-refractivity contribution in [3.63, 3.8) is 0 Å². The first-order valence-corrected chi connectivity index (χ1v) is 6.37. The SMILES string of the molecule is Nc1c(Cl)ncnc1N1CCCC2(C1)OCCO2. The van der Waals surface area contributed by atoms with Crippen molar-refractivity contribution in [2.45, 2.75) is 18.6 Å². The van der Waals surface area contributed by atoms with Crippen LogP contribution in [-0.2, 0) is 9.47 Å². The molecule has 0 aliphatic carbocycles. The van der Waals surface area contributed by atoms with Crippen LogP contribution in [0.4, 0.5) is 11.5 Å². The van der Waals surface area contributed by atoms with Gasteiger partial charge in [-0.1, -0.05) is 11.6 Å². The molecule has 2 fully saturated rings. The minimum atomic E-state index is -0.498. The maximum Gasteiger partial charge on any atom is 0.186 e. The normalized spacial score (nSPS) is 22.6. The van der Waals surface area contributed by atoms with Gasteiger partial charge in [0.2, 0.25) is 0 Å². The first kappa shape index (κ1) is 12.0. The zero-order valence-electron chi connectivity index (χ0n) is 9.93. The lowest BCUT2D eigenvalue weighted by molar-refractivity contribution is -0.161. The molecule has 2 aliphatic heterocycles. The molecule has 98 valence electrons. The monoisotopic (exact) mass is 270 g/mol. The van der Waals surface area contributed by atoms with Crippen LogP contribution in [0.5, 0.6) is 0 Å². The maximum atomic E-state index is 5.92. The van der Waals surface area contributed by atoms with E-state index >= 15 is 0 Å². The predicted octanol–water partition coefficient (Wildman–Crippen LogP) is 1.06. The zero-order valence-corrected chi connectivity index (χ0v) is 10.7. The second-order valence-corrected chi connectivity index (χ2v) is 4.89. The van der Waals surface area contributed by atoms with Gasteiger partial charge in [0.25, 0.3) is 0 Å². The fourth-order valence-electron chi connectivity index (χ4n) is 2.52. The average molecular weight is 271 g/mol. The van der Waals surface area contributed by atoms with Gasteiger partial charge in [0.1, 0.15) is 12.0 Å². The molecule has 1 spiro atoms. The number of nitrogens with two attached hydrogens (primary N) is 1. The summed E-state index contributed by atoms with van der Waals surface area (Å²) in [5.74, 6) is 0.162. The fourth-order valence-corrected chi connectivity index (χ4v) is 2.65. The van der Waals surface area contributed by atoms with Crippen LogP contribution in [0.2, 0.25) is 5.15 Å². The first-order valence-electron chi connectivity index (χ1n) is 5.99. The number of hydrogen-bond acceptors (Lipinski definition) is 6. The van der Waals surface area contributed by atoms with E-state index in [1.165, 1.54) is 6.33 Å². The standard InChI is InChI=1S/C11H15ClN4O2/c12-9-8(13)10(15-7-14-9)16-3-1-2-11(6-16)17-4-5-18-11/h7H,1-6,13H2. The molecular weight excluding hydrogens is 256 g/mol. The molecule has 0 amide bonds. The molecule has 0 atom stereocenters. The molecule has 3 heterocycles. The number of anilines is 2. The predicted molar refractivity (Wildman–Crippen MR) is 67.5 cm³/mol. The van der Waals surface area contributed by atoms with E-state index in [-0.39, 0.29) is 5.15 Å². The Morgan fingerprint density at radius 3 is 2.89 bits per heavy atom. The largest absolute Gasteiger partial charge is 0.393 e. The minimum Gasteiger partial charge on any atom is -0.393 e. The highest BCUT2D eigenvalue weighted by molar-refractivity contribution is 6.32. The quantitative estimate of drug-likeness (QED) is 0.769. The van der Waals surface area contributed by atoms with Crippen LogP contribution < -0.4 is 10.6 Å². The van der Waals surface area contributed by atoms with Crippen LogP contribution in [0.25, 0.3) is 0 Å². The molecule has 0 aromatic carbocycles. The van der Waals surface area contributed by atoms with Gasteiger partial charge >= 0.3 is 0 Å². The Morgan fingerprint density at radius 1 is 1.33 bits per heavy atom. The van der Waals surface area contributed by atoms with Crippen molar-refractivity contribution >= 4 is 23.1 Å². The number of rotatable bonds is 1. The summed E-state index contributed by atoms with van der Waals surface area (Å²) >= 11 is 5.92. The summed E-state index contributed by atoms with van der Waals surface area (Å²) in [6.45, 7) is 2.79. The Hall–Kier alpha value is -1.11. The lowest BCUT2D eigenvalue weighted by Gasteiger charge is -2.39. The van der Waals surface area contributed by atoms with Crippen LogP contribution in [0.1, 0.15) is 12.8 Å². The Labute approximate surface area is 110 Å². The first-order chi connectivity index (χ1) is 8.70. The van der Waals surface area contributed by atoms with E-state index in [1.54, 1.807) is 0 Å². The van der Waals surface area contributed by atoms with Gasteiger partial charge in [-0.3, -0.25) is 0 Å². The smallest absolute Gasteiger partial charge is 0.186 e. The van der Waals surface area contributed by atoms with E-state index in [2.05, 4.69) is 14.9 Å². The molecule has 6 nitrogen and oxygen atoms in total. The molecule has 1 aromatic rings. The van der Waals surface area contributed by atoms with Crippen molar-refractivity contribution in [2.75, 3.05) is 36.9 Å². The van der Waals surface area contributed by atoms with Crippen LogP contribution in [0.15, 0.2) is 6.33 Å². The summed E-state index contributed by atoms with van der Waals surface area (Å²) in [6, 6.07) is 0. The van der Waals surface area contributed by atoms with Crippen molar-refractivity contribution < 1.29 is 9.47 Å². The molecular formula is C11H15ClN4O2. The molecule has 0 unspecified atom stereocenters. The third kappa shape index (κ3) is 2.00. The lowest BCUT2D eigenvalue weighted by atomic mass is 10.0. The van der Waals surface area contributed by atoms with Crippen LogP contribution >= 0.6 is 11.6 Å². The van der Waals surface area contributed by atoms with Gasteiger partial charge in [-0.05, 0) is 6.42 Å². The lowest BCUT2D eigenvalue weighted by Crippen LogP contribution is -2.49. The summed E-state index contributed by atoms with van der Waals surface area (Å²) in [5.41, 5.74) is 6.33. The third-order valence-corrected chi connectivity index (χ3v) is 3.65. The van der Waals surface area contributed by atoms with E-state index in [1.807, 2.05) is 0 Å². The van der Waals surface area contributed by atoms with E-state index in [4.69, 9.17) is 26.8 Å². The van der Waals surface area contributed by atoms with Crippen molar-refractivity contribution in [1.29, 1.82) is 0 Å². The van der Waals surface area contributed by atoms with Crippen LogP contribution in [0.3, 0.4) is 0 Å². The van der Waals surface area contributed by atoms with Gasteiger partial charge in [0.05, 0.1) is 19.8 Å². The third-order valence-electron chi connectivity index (χ3n) is 3.34. The molecule has 18 heavy (non-hydrogen) atoms. The Morgan fingerprint density at radius 2 is 2.11 bits per heavy atom. The van der Waals surface area contributed by atoms with Crippen LogP contribution in [0, 0.1) is 0 Å². The Bertz CT molecular complexity index is 451. The average Bonchev–Trinajstić information content (AvgIpc) is 2.81. The van der Waals surface area contributed by atoms with Crippen LogP contribution in [-0.4, -0.2) is 42.1 Å². The second-order valence-electron chi connectivity index (χ2n) is 4.53. The number of aromatic nitrogens is 2. The van der Waals surface area contributed by atoms with E-state index in [9.17, 15) is 0 Å². The van der Waals surface area contributed by atoms with E-state index < -0.39 is 5.79 Å². The highest BCUT2D eigenvalue weighted by Crippen LogP contribution is 2.34. The molecule has 0 saturated carbocycles. The minimum absolute atomic E-state index is 0.285. The number of hydrogen-bond donors (Lipinski definition) is 1. The van der Waals surface area contributed by atoms with Gasteiger partial charge in [0.15, 0.2) is 16.8 Å². The maximum absolute atomic E-state index is 5.92. The van der Waals surface area contributed by atoms with Crippen molar-refractivity contribution in [1.82, 2.24) is 9.97 Å². The molecule has 2 aliphatic rings. The molecule has 7 heteroatoms. The molecule has 2 N–H and O–H groups in total. The van der Waals surface area contributed by atoms with E-state index in [0.717, 1.165) is 19.4 Å². The van der Waals surface area contributed by atoms with Gasteiger partial charge in [0, 0.05) is 13.0 Å². The summed E-state index contributed by atoms with van der Waals surface area (Å²) < 4.78 is 11.4. The van der Waals surface area contributed by atoms with Gasteiger partial charge in [-0.2, -0.15) is 0 Å². The number of nitrogens with zero attached hydrogens (tertiary/aromatic N) is 3. The number of ether oxygens (including phenoxy) is 2. The highest BCUT2D eigenvalue weighted by atomic mass is 35.5. The van der Waals surface area contributed by atoms with Crippen molar-refractivity contribution in [3.05, 3.63) is 11.5 Å². The van der Waals surface area contributed by atoms with E-state index in [0.29, 0.717) is 31.3 Å². The molecule has 0 bridgehead atoms. The van der Waals surface area contributed by atoms with Gasteiger partial charge in [-0.15, -0.1) is 0 Å².